The molecular formula is C16H10BrNO. The summed E-state index contributed by atoms with van der Waals surface area (Å²) in [7, 11) is 0. The number of benzene rings is 2. The van der Waals surface area contributed by atoms with Gasteiger partial charge in [0.05, 0.1) is 5.52 Å². The fourth-order valence-corrected chi connectivity index (χ4v) is 2.40. The highest BCUT2D eigenvalue weighted by atomic mass is 79.9. The molecule has 1 heterocycles. The van der Waals surface area contributed by atoms with Crippen molar-refractivity contribution >= 4 is 32.6 Å². The number of hydrogen-bond donors (Lipinski definition) is 0. The third-order valence-electron chi connectivity index (χ3n) is 2.95. The molecule has 0 spiro atoms. The van der Waals surface area contributed by atoms with Crippen LogP contribution in [-0.2, 0) is 0 Å². The molecule has 2 aromatic carbocycles. The van der Waals surface area contributed by atoms with Crippen molar-refractivity contribution < 1.29 is 4.79 Å². The second kappa shape index (κ2) is 4.94. The van der Waals surface area contributed by atoms with E-state index >= 15 is 0 Å². The van der Waals surface area contributed by atoms with E-state index in [1.54, 1.807) is 6.20 Å². The van der Waals surface area contributed by atoms with Gasteiger partial charge in [0.25, 0.3) is 0 Å². The van der Waals surface area contributed by atoms with Gasteiger partial charge in [-0.05, 0) is 24.3 Å². The summed E-state index contributed by atoms with van der Waals surface area (Å²) in [5.41, 5.74) is 2.16. The number of halogens is 1. The molecule has 0 atom stereocenters. The van der Waals surface area contributed by atoms with E-state index in [0.29, 0.717) is 11.1 Å². The SMILES string of the molecule is O=C(c1cccc(Br)c1)c1ccc2cccnc2c1. The van der Waals surface area contributed by atoms with Crippen LogP contribution in [0.2, 0.25) is 0 Å². The summed E-state index contributed by atoms with van der Waals surface area (Å²) in [5.74, 6) is 0.00820. The molecular weight excluding hydrogens is 302 g/mol. The van der Waals surface area contributed by atoms with Crippen molar-refractivity contribution in [2.24, 2.45) is 0 Å². The fourth-order valence-electron chi connectivity index (χ4n) is 2.00. The quantitative estimate of drug-likeness (QED) is 0.663. The molecule has 0 radical (unpaired) electrons. The monoisotopic (exact) mass is 311 g/mol. The van der Waals surface area contributed by atoms with E-state index in [2.05, 4.69) is 20.9 Å². The maximum atomic E-state index is 12.4. The number of pyridine rings is 1. The molecule has 0 aliphatic carbocycles. The van der Waals surface area contributed by atoms with Gasteiger partial charge in [-0.1, -0.05) is 46.3 Å². The van der Waals surface area contributed by atoms with Crippen molar-refractivity contribution in [3.8, 4) is 0 Å². The summed E-state index contributed by atoms with van der Waals surface area (Å²) in [5, 5.41) is 1.04. The van der Waals surface area contributed by atoms with Gasteiger partial charge in [0.2, 0.25) is 0 Å². The number of aromatic nitrogens is 1. The molecule has 0 fully saturated rings. The Bertz CT molecular complexity index is 767. The predicted octanol–water partition coefficient (Wildman–Crippen LogP) is 4.23. The van der Waals surface area contributed by atoms with Gasteiger partial charge >= 0.3 is 0 Å². The smallest absolute Gasteiger partial charge is 0.193 e. The Kier molecular flexibility index (Phi) is 3.13. The lowest BCUT2D eigenvalue weighted by atomic mass is 10.0. The van der Waals surface area contributed by atoms with Crippen LogP contribution in [0, 0.1) is 0 Å². The lowest BCUT2D eigenvalue weighted by Gasteiger charge is -2.03. The van der Waals surface area contributed by atoms with Crippen LogP contribution >= 0.6 is 15.9 Å². The molecule has 19 heavy (non-hydrogen) atoms. The maximum absolute atomic E-state index is 12.4. The molecule has 0 amide bonds. The van der Waals surface area contributed by atoms with Gasteiger partial charge in [0, 0.05) is 27.2 Å². The molecule has 0 bridgehead atoms. The van der Waals surface area contributed by atoms with Gasteiger partial charge in [-0.3, -0.25) is 9.78 Å². The highest BCUT2D eigenvalue weighted by Crippen LogP contribution is 2.18. The number of ketones is 1. The third-order valence-corrected chi connectivity index (χ3v) is 3.45. The van der Waals surface area contributed by atoms with E-state index < -0.39 is 0 Å². The molecule has 3 aromatic rings. The largest absolute Gasteiger partial charge is 0.289 e. The zero-order valence-electron chi connectivity index (χ0n) is 10.0. The van der Waals surface area contributed by atoms with Gasteiger partial charge in [-0.15, -0.1) is 0 Å². The summed E-state index contributed by atoms with van der Waals surface area (Å²) < 4.78 is 0.900. The molecule has 0 unspecified atom stereocenters. The standard InChI is InChI=1S/C16H10BrNO/c17-14-5-1-3-12(9-14)16(19)13-7-6-11-4-2-8-18-15(11)10-13/h1-10H. The van der Waals surface area contributed by atoms with Crippen LogP contribution < -0.4 is 0 Å². The summed E-state index contributed by atoms with van der Waals surface area (Å²) >= 11 is 3.38. The topological polar surface area (TPSA) is 30.0 Å². The summed E-state index contributed by atoms with van der Waals surface area (Å²) in [4.78, 5) is 16.7. The first kappa shape index (κ1) is 12.1. The Morgan fingerprint density at radius 1 is 0.947 bits per heavy atom. The first-order valence-electron chi connectivity index (χ1n) is 5.89. The first-order chi connectivity index (χ1) is 9.24. The highest BCUT2D eigenvalue weighted by molar-refractivity contribution is 9.10. The van der Waals surface area contributed by atoms with E-state index in [1.165, 1.54) is 0 Å². The minimum Gasteiger partial charge on any atom is -0.289 e. The summed E-state index contributed by atoms with van der Waals surface area (Å²) in [6, 6.07) is 16.9. The molecule has 3 heteroatoms. The Morgan fingerprint density at radius 2 is 1.79 bits per heavy atom. The first-order valence-corrected chi connectivity index (χ1v) is 6.68. The highest BCUT2D eigenvalue weighted by Gasteiger charge is 2.10. The second-order valence-electron chi connectivity index (χ2n) is 4.25. The fraction of sp³-hybridized carbons (Fsp3) is 0. The zero-order chi connectivity index (χ0) is 13.2. The van der Waals surface area contributed by atoms with Gasteiger partial charge in [0.1, 0.15) is 0 Å². The Hall–Kier alpha value is -2.00. The average molecular weight is 312 g/mol. The number of fused-ring (bicyclic) bond motifs is 1. The van der Waals surface area contributed by atoms with E-state index in [1.807, 2.05) is 54.6 Å². The number of carbonyl (C=O) groups is 1. The van der Waals surface area contributed by atoms with Crippen LogP contribution in [0.4, 0.5) is 0 Å². The van der Waals surface area contributed by atoms with Crippen LogP contribution in [0.1, 0.15) is 15.9 Å². The normalized spacial score (nSPS) is 10.6. The van der Waals surface area contributed by atoms with Gasteiger partial charge in [0.15, 0.2) is 5.78 Å². The van der Waals surface area contributed by atoms with Crippen molar-refractivity contribution in [2.45, 2.75) is 0 Å². The van der Waals surface area contributed by atoms with Crippen LogP contribution in [0.5, 0.6) is 0 Å². The predicted molar refractivity (Wildman–Crippen MR) is 79.3 cm³/mol. The van der Waals surface area contributed by atoms with Crippen molar-refractivity contribution in [1.82, 2.24) is 4.98 Å². The van der Waals surface area contributed by atoms with E-state index in [4.69, 9.17) is 0 Å². The summed E-state index contributed by atoms with van der Waals surface area (Å²) in [6.45, 7) is 0. The van der Waals surface area contributed by atoms with Crippen molar-refractivity contribution in [2.75, 3.05) is 0 Å². The maximum Gasteiger partial charge on any atom is 0.193 e. The molecule has 2 nitrogen and oxygen atoms in total. The minimum absolute atomic E-state index is 0.00820. The lowest BCUT2D eigenvalue weighted by Crippen LogP contribution is -2.01. The number of hydrogen-bond acceptors (Lipinski definition) is 2. The van der Waals surface area contributed by atoms with Crippen LogP contribution in [0.25, 0.3) is 10.9 Å². The molecule has 0 saturated carbocycles. The lowest BCUT2D eigenvalue weighted by molar-refractivity contribution is 0.103. The summed E-state index contributed by atoms with van der Waals surface area (Å²) in [6.07, 6.45) is 1.73. The van der Waals surface area contributed by atoms with Crippen molar-refractivity contribution in [3.63, 3.8) is 0 Å². The van der Waals surface area contributed by atoms with Crippen molar-refractivity contribution in [1.29, 1.82) is 0 Å². The average Bonchev–Trinajstić information content (AvgIpc) is 2.46. The Morgan fingerprint density at radius 3 is 2.63 bits per heavy atom. The molecule has 0 aliphatic heterocycles. The van der Waals surface area contributed by atoms with Crippen molar-refractivity contribution in [3.05, 3.63) is 76.4 Å². The molecule has 0 saturated heterocycles. The Labute approximate surface area is 119 Å². The number of nitrogens with zero attached hydrogens (tertiary/aromatic N) is 1. The van der Waals surface area contributed by atoms with Crippen LogP contribution in [0.3, 0.4) is 0 Å². The van der Waals surface area contributed by atoms with Gasteiger partial charge < -0.3 is 0 Å². The van der Waals surface area contributed by atoms with Crippen LogP contribution in [-0.4, -0.2) is 10.8 Å². The number of rotatable bonds is 2. The molecule has 92 valence electrons. The second-order valence-corrected chi connectivity index (χ2v) is 5.17. The van der Waals surface area contributed by atoms with E-state index in [0.717, 1.165) is 15.4 Å². The minimum atomic E-state index is 0.00820. The van der Waals surface area contributed by atoms with E-state index in [-0.39, 0.29) is 5.78 Å². The van der Waals surface area contributed by atoms with Gasteiger partial charge in [-0.2, -0.15) is 0 Å². The molecule has 0 N–H and O–H groups in total. The molecule has 1 aromatic heterocycles. The Balaban J connectivity index is 2.06. The van der Waals surface area contributed by atoms with E-state index in [9.17, 15) is 4.79 Å². The number of carbonyl (C=O) groups excluding carboxylic acids is 1. The van der Waals surface area contributed by atoms with Crippen LogP contribution in [0.15, 0.2) is 65.3 Å². The van der Waals surface area contributed by atoms with Gasteiger partial charge in [-0.25, -0.2) is 0 Å². The molecule has 3 rings (SSSR count). The third kappa shape index (κ3) is 2.42. The zero-order valence-corrected chi connectivity index (χ0v) is 11.6. The molecule has 0 aliphatic rings.